The van der Waals surface area contributed by atoms with Gasteiger partial charge in [0.2, 0.25) is 17.7 Å². The fourth-order valence-corrected chi connectivity index (χ4v) is 2.72. The lowest BCUT2D eigenvalue weighted by Crippen LogP contribution is -2.22. The van der Waals surface area contributed by atoms with E-state index < -0.39 is 0 Å². The fourth-order valence-electron chi connectivity index (χ4n) is 2.72. The summed E-state index contributed by atoms with van der Waals surface area (Å²) in [6.45, 7) is 1.14. The molecule has 0 radical (unpaired) electrons. The van der Waals surface area contributed by atoms with Crippen LogP contribution in [0, 0.1) is 5.92 Å². The Hall–Kier alpha value is -2.93. The van der Waals surface area contributed by atoms with Crippen molar-refractivity contribution in [1.82, 2.24) is 9.97 Å². The summed E-state index contributed by atoms with van der Waals surface area (Å²) in [5, 5.41) is 2.91. The highest BCUT2D eigenvalue weighted by Crippen LogP contribution is 2.26. The topological polar surface area (TPSA) is 86.5 Å². The summed E-state index contributed by atoms with van der Waals surface area (Å²) in [7, 11) is 1.55. The summed E-state index contributed by atoms with van der Waals surface area (Å²) in [5.74, 6) is 0.864. The second kappa shape index (κ2) is 6.52. The largest absolute Gasteiger partial charge is 0.481 e. The quantitative estimate of drug-likeness (QED) is 0.786. The maximum Gasteiger partial charge on any atom is 0.250 e. The van der Waals surface area contributed by atoms with Gasteiger partial charge in [-0.3, -0.25) is 4.79 Å². The average molecular weight is 339 g/mol. The molecule has 1 aliphatic heterocycles. The van der Waals surface area contributed by atoms with E-state index in [0.717, 1.165) is 17.7 Å². The molecule has 1 fully saturated rings. The van der Waals surface area contributed by atoms with E-state index in [2.05, 4.69) is 15.3 Å². The van der Waals surface area contributed by atoms with Gasteiger partial charge in [-0.05, 0) is 36.8 Å². The van der Waals surface area contributed by atoms with Crippen molar-refractivity contribution in [3.05, 3.63) is 36.4 Å². The number of hydrogen-bond acceptors (Lipinski definition) is 6. The van der Waals surface area contributed by atoms with Gasteiger partial charge in [-0.15, -0.1) is 0 Å². The van der Waals surface area contributed by atoms with Crippen LogP contribution in [0.5, 0.6) is 5.88 Å². The number of methoxy groups -OCH3 is 1. The number of oxazole rings is 1. The Morgan fingerprint density at radius 3 is 2.76 bits per heavy atom. The second-order valence-corrected chi connectivity index (χ2v) is 5.82. The van der Waals surface area contributed by atoms with Crippen LogP contribution in [0.15, 0.2) is 40.8 Å². The van der Waals surface area contributed by atoms with Crippen molar-refractivity contribution < 1.29 is 18.7 Å². The molecule has 1 saturated heterocycles. The lowest BCUT2D eigenvalue weighted by molar-refractivity contribution is -0.119. The molecule has 0 saturated carbocycles. The molecule has 25 heavy (non-hydrogen) atoms. The maximum absolute atomic E-state index is 12.1. The zero-order chi connectivity index (χ0) is 17.2. The van der Waals surface area contributed by atoms with Gasteiger partial charge in [0.15, 0.2) is 0 Å². The Kier molecular flexibility index (Phi) is 4.07. The lowest BCUT2D eigenvalue weighted by atomic mass is 10.1. The zero-order valence-electron chi connectivity index (χ0n) is 13.7. The van der Waals surface area contributed by atoms with Gasteiger partial charge in [-0.1, -0.05) is 0 Å². The van der Waals surface area contributed by atoms with E-state index in [0.29, 0.717) is 36.2 Å². The van der Waals surface area contributed by atoms with Crippen LogP contribution in [0.4, 0.5) is 5.69 Å². The number of benzene rings is 1. The molecular formula is C18H17N3O4. The summed E-state index contributed by atoms with van der Waals surface area (Å²) >= 11 is 0. The van der Waals surface area contributed by atoms with Gasteiger partial charge < -0.3 is 19.2 Å². The van der Waals surface area contributed by atoms with Crippen LogP contribution >= 0.6 is 0 Å². The zero-order valence-corrected chi connectivity index (χ0v) is 13.7. The van der Waals surface area contributed by atoms with Crippen molar-refractivity contribution >= 4 is 22.8 Å². The van der Waals surface area contributed by atoms with Crippen molar-refractivity contribution in [2.45, 2.75) is 6.42 Å². The van der Waals surface area contributed by atoms with Gasteiger partial charge in [-0.2, -0.15) is 4.98 Å². The molecule has 1 aliphatic rings. The summed E-state index contributed by atoms with van der Waals surface area (Å²) in [6.07, 6.45) is 0.767. The molecule has 1 unspecified atom stereocenters. The van der Waals surface area contributed by atoms with Crippen molar-refractivity contribution in [2.24, 2.45) is 5.92 Å². The lowest BCUT2D eigenvalue weighted by Gasteiger charge is -2.09. The van der Waals surface area contributed by atoms with Gasteiger partial charge in [-0.25, -0.2) is 4.98 Å². The Morgan fingerprint density at radius 2 is 2.04 bits per heavy atom. The molecule has 0 bridgehead atoms. The van der Waals surface area contributed by atoms with E-state index in [9.17, 15) is 4.79 Å². The summed E-state index contributed by atoms with van der Waals surface area (Å²) in [5.41, 5.74) is 2.62. The van der Waals surface area contributed by atoms with Crippen LogP contribution in [-0.4, -0.2) is 36.2 Å². The van der Waals surface area contributed by atoms with E-state index in [1.807, 2.05) is 24.3 Å². The first-order chi connectivity index (χ1) is 12.2. The standard InChI is InChI=1S/C18H17N3O4/c1-23-15-7-6-14-18(21-15)25-17(20-14)11-2-4-13(5-3-11)19-16(22)12-8-9-24-10-12/h2-7,12H,8-10H2,1H3,(H,19,22). The highest BCUT2D eigenvalue weighted by atomic mass is 16.5. The van der Waals surface area contributed by atoms with Crippen LogP contribution < -0.4 is 10.1 Å². The first-order valence-electron chi connectivity index (χ1n) is 8.03. The molecule has 1 N–H and O–H groups in total. The molecule has 128 valence electrons. The number of carbonyl (C=O) groups is 1. The smallest absolute Gasteiger partial charge is 0.250 e. The molecule has 4 rings (SSSR count). The van der Waals surface area contributed by atoms with E-state index in [4.69, 9.17) is 13.9 Å². The Bertz CT molecular complexity index is 898. The van der Waals surface area contributed by atoms with Crippen molar-refractivity contribution in [3.8, 4) is 17.3 Å². The fraction of sp³-hybridized carbons (Fsp3) is 0.278. The number of aromatic nitrogens is 2. The van der Waals surface area contributed by atoms with E-state index >= 15 is 0 Å². The Morgan fingerprint density at radius 1 is 1.20 bits per heavy atom. The maximum atomic E-state index is 12.1. The second-order valence-electron chi connectivity index (χ2n) is 5.82. The third kappa shape index (κ3) is 3.18. The van der Waals surface area contributed by atoms with Crippen molar-refractivity contribution in [2.75, 3.05) is 25.6 Å². The summed E-state index contributed by atoms with van der Waals surface area (Å²) in [6, 6.07) is 10.9. The van der Waals surface area contributed by atoms with E-state index in [-0.39, 0.29) is 11.8 Å². The Balaban J connectivity index is 1.52. The minimum atomic E-state index is -0.0715. The monoisotopic (exact) mass is 339 g/mol. The minimum Gasteiger partial charge on any atom is -0.481 e. The molecular weight excluding hydrogens is 322 g/mol. The van der Waals surface area contributed by atoms with Crippen LogP contribution in [0.3, 0.4) is 0 Å². The number of fused-ring (bicyclic) bond motifs is 1. The van der Waals surface area contributed by atoms with Crippen LogP contribution in [0.1, 0.15) is 6.42 Å². The Labute approximate surface area is 144 Å². The number of nitrogens with zero attached hydrogens (tertiary/aromatic N) is 2. The first-order valence-corrected chi connectivity index (χ1v) is 8.03. The summed E-state index contributed by atoms with van der Waals surface area (Å²) in [4.78, 5) is 20.7. The first kappa shape index (κ1) is 15.6. The molecule has 0 aliphatic carbocycles. The van der Waals surface area contributed by atoms with Gasteiger partial charge in [0.1, 0.15) is 5.52 Å². The van der Waals surface area contributed by atoms with Crippen LogP contribution in [0.2, 0.25) is 0 Å². The van der Waals surface area contributed by atoms with Gasteiger partial charge in [0.25, 0.3) is 5.71 Å². The molecule has 1 aromatic carbocycles. The number of anilines is 1. The number of ether oxygens (including phenoxy) is 2. The molecule has 3 heterocycles. The molecule has 3 aromatic rings. The van der Waals surface area contributed by atoms with Gasteiger partial charge in [0, 0.05) is 23.9 Å². The molecule has 1 amide bonds. The molecule has 7 nitrogen and oxygen atoms in total. The highest BCUT2D eigenvalue weighted by Gasteiger charge is 2.23. The van der Waals surface area contributed by atoms with E-state index in [1.165, 1.54) is 0 Å². The van der Waals surface area contributed by atoms with Crippen molar-refractivity contribution in [1.29, 1.82) is 0 Å². The number of nitrogens with one attached hydrogen (secondary N) is 1. The SMILES string of the molecule is COc1ccc2nc(-c3ccc(NC(=O)C4CCOC4)cc3)oc2n1. The predicted octanol–water partition coefficient (Wildman–Crippen LogP) is 2.87. The summed E-state index contributed by atoms with van der Waals surface area (Å²) < 4.78 is 16.0. The average Bonchev–Trinajstić information content (AvgIpc) is 3.31. The molecule has 1 atom stereocenters. The number of pyridine rings is 1. The highest BCUT2D eigenvalue weighted by molar-refractivity contribution is 5.93. The number of hydrogen-bond donors (Lipinski definition) is 1. The van der Waals surface area contributed by atoms with Gasteiger partial charge >= 0.3 is 0 Å². The third-order valence-electron chi connectivity index (χ3n) is 4.14. The van der Waals surface area contributed by atoms with Gasteiger partial charge in [0.05, 0.1) is 19.6 Å². The van der Waals surface area contributed by atoms with Crippen LogP contribution in [0.25, 0.3) is 22.7 Å². The predicted molar refractivity (Wildman–Crippen MR) is 91.3 cm³/mol. The number of carbonyl (C=O) groups excluding carboxylic acids is 1. The van der Waals surface area contributed by atoms with Crippen LogP contribution in [-0.2, 0) is 9.53 Å². The molecule has 2 aromatic heterocycles. The van der Waals surface area contributed by atoms with Crippen molar-refractivity contribution in [3.63, 3.8) is 0 Å². The molecule has 0 spiro atoms. The minimum absolute atomic E-state index is 0.0107. The third-order valence-corrected chi connectivity index (χ3v) is 4.14. The number of rotatable bonds is 4. The number of amides is 1. The normalized spacial score (nSPS) is 16.9. The molecule has 7 heteroatoms. The van der Waals surface area contributed by atoms with E-state index in [1.54, 1.807) is 19.2 Å².